The molecule has 4 rings (SSSR count). The zero-order valence-corrected chi connectivity index (χ0v) is 23.5. The second kappa shape index (κ2) is 11.1. The zero-order valence-electron chi connectivity index (χ0n) is 22.0. The van der Waals surface area contributed by atoms with Crippen molar-refractivity contribution in [3.05, 3.63) is 92.5 Å². The molecule has 1 aliphatic rings. The molecule has 0 bridgehead atoms. The Morgan fingerprint density at radius 1 is 0.974 bits per heavy atom. The Labute approximate surface area is 233 Å². The van der Waals surface area contributed by atoms with E-state index < -0.39 is 17.7 Å². The predicted molar refractivity (Wildman–Crippen MR) is 154 cm³/mol. The molecule has 6 nitrogen and oxygen atoms in total. The minimum Gasteiger partial charge on any atom is -0.507 e. The highest BCUT2D eigenvalue weighted by atomic mass is 35.5. The third-order valence-corrected chi connectivity index (χ3v) is 7.44. The molecule has 3 aromatic rings. The molecule has 1 saturated heterocycles. The van der Waals surface area contributed by atoms with Gasteiger partial charge in [-0.05, 0) is 74.7 Å². The number of carbonyl (C=O) groups excluding carboxylic acids is 2. The molecule has 0 aromatic heterocycles. The van der Waals surface area contributed by atoms with E-state index in [9.17, 15) is 14.7 Å². The maximum Gasteiger partial charge on any atom is 0.300 e. The average molecular weight is 553 g/mol. The number of hydrogen-bond acceptors (Lipinski definition) is 5. The quantitative estimate of drug-likeness (QED) is 0.192. The molecule has 3 aromatic carbocycles. The first-order valence-electron chi connectivity index (χ1n) is 12.4. The topological polar surface area (TPSA) is 70.1 Å². The Balaban J connectivity index is 1.96. The summed E-state index contributed by atoms with van der Waals surface area (Å²) in [5, 5.41) is 11.8. The lowest BCUT2D eigenvalue weighted by Crippen LogP contribution is -2.30. The van der Waals surface area contributed by atoms with Crippen molar-refractivity contribution in [1.82, 2.24) is 0 Å². The number of aryl methyl sites for hydroxylation is 2. The average Bonchev–Trinajstić information content (AvgIpc) is 3.16. The molecule has 1 fully saturated rings. The van der Waals surface area contributed by atoms with Crippen LogP contribution < -0.4 is 14.5 Å². The number of carbonyl (C=O) groups is 2. The fourth-order valence-electron chi connectivity index (χ4n) is 4.88. The Bertz CT molecular complexity index is 1410. The number of amides is 1. The van der Waals surface area contributed by atoms with Gasteiger partial charge in [0.15, 0.2) is 5.75 Å². The van der Waals surface area contributed by atoms with Crippen LogP contribution in [0.1, 0.15) is 42.1 Å². The van der Waals surface area contributed by atoms with E-state index in [0.717, 1.165) is 29.9 Å². The van der Waals surface area contributed by atoms with Crippen LogP contribution in [0.2, 0.25) is 10.0 Å². The number of benzene rings is 3. The molecule has 0 aliphatic carbocycles. The van der Waals surface area contributed by atoms with Gasteiger partial charge in [-0.3, -0.25) is 14.5 Å². The highest BCUT2D eigenvalue weighted by Crippen LogP contribution is 2.45. The van der Waals surface area contributed by atoms with E-state index in [2.05, 4.69) is 18.7 Å². The van der Waals surface area contributed by atoms with E-state index in [4.69, 9.17) is 27.9 Å². The Kier molecular flexibility index (Phi) is 8.05. The lowest BCUT2D eigenvalue weighted by atomic mass is 9.94. The van der Waals surface area contributed by atoms with Gasteiger partial charge < -0.3 is 14.7 Å². The third kappa shape index (κ3) is 4.86. The van der Waals surface area contributed by atoms with Gasteiger partial charge in [-0.25, -0.2) is 0 Å². The largest absolute Gasteiger partial charge is 0.507 e. The number of rotatable bonds is 7. The lowest BCUT2D eigenvalue weighted by Gasteiger charge is -2.28. The lowest BCUT2D eigenvalue weighted by molar-refractivity contribution is -0.132. The summed E-state index contributed by atoms with van der Waals surface area (Å²) < 4.78 is 5.22. The molecule has 1 N–H and O–H groups in total. The van der Waals surface area contributed by atoms with Crippen LogP contribution >= 0.6 is 23.2 Å². The van der Waals surface area contributed by atoms with Gasteiger partial charge >= 0.3 is 0 Å². The molecular formula is C30H30Cl2N2O4. The molecule has 0 radical (unpaired) electrons. The molecule has 0 saturated carbocycles. The molecule has 1 atom stereocenters. The SMILES string of the molecule is CCN(CC)c1ccc(C2/C(=C(\O)c3cc(Cl)c(OC)c(Cl)c3)C(=O)C(=O)N2c2cc(C)ccc2C)cc1. The van der Waals surface area contributed by atoms with Crippen molar-refractivity contribution < 1.29 is 19.4 Å². The highest BCUT2D eigenvalue weighted by Gasteiger charge is 2.47. The van der Waals surface area contributed by atoms with E-state index in [0.29, 0.717) is 11.3 Å². The smallest absolute Gasteiger partial charge is 0.300 e. The second-order valence-corrected chi connectivity index (χ2v) is 10.0. The minimum atomic E-state index is -0.860. The van der Waals surface area contributed by atoms with Gasteiger partial charge in [0, 0.05) is 30.0 Å². The van der Waals surface area contributed by atoms with E-state index >= 15 is 0 Å². The summed E-state index contributed by atoms with van der Waals surface area (Å²) in [6.07, 6.45) is 0. The molecular weight excluding hydrogens is 523 g/mol. The van der Waals surface area contributed by atoms with Crippen LogP contribution in [-0.2, 0) is 9.59 Å². The minimum absolute atomic E-state index is 0.0382. The summed E-state index contributed by atoms with van der Waals surface area (Å²) in [6.45, 7) is 9.66. The molecule has 1 unspecified atom stereocenters. The molecule has 38 heavy (non-hydrogen) atoms. The molecule has 8 heteroatoms. The van der Waals surface area contributed by atoms with Gasteiger partial charge in [0.2, 0.25) is 0 Å². The first-order chi connectivity index (χ1) is 18.1. The van der Waals surface area contributed by atoms with Crippen LogP contribution in [0.25, 0.3) is 5.76 Å². The number of hydrogen-bond donors (Lipinski definition) is 1. The van der Waals surface area contributed by atoms with Crippen LogP contribution in [0.5, 0.6) is 5.75 Å². The van der Waals surface area contributed by atoms with Crippen LogP contribution in [0.4, 0.5) is 11.4 Å². The maximum absolute atomic E-state index is 13.6. The van der Waals surface area contributed by atoms with Crippen molar-refractivity contribution in [2.75, 3.05) is 30.0 Å². The number of anilines is 2. The van der Waals surface area contributed by atoms with Crippen molar-refractivity contribution >= 4 is 52.0 Å². The van der Waals surface area contributed by atoms with E-state index in [1.54, 1.807) is 0 Å². The number of nitrogens with zero attached hydrogens (tertiary/aromatic N) is 2. The Hall–Kier alpha value is -3.48. The monoisotopic (exact) mass is 552 g/mol. The molecule has 0 spiro atoms. The number of aliphatic hydroxyl groups is 1. The predicted octanol–water partition coefficient (Wildman–Crippen LogP) is 7.09. The first-order valence-corrected chi connectivity index (χ1v) is 13.1. The summed E-state index contributed by atoms with van der Waals surface area (Å²) in [7, 11) is 1.43. The van der Waals surface area contributed by atoms with Crippen LogP contribution in [0.15, 0.2) is 60.2 Å². The van der Waals surface area contributed by atoms with Crippen LogP contribution in [0, 0.1) is 13.8 Å². The summed E-state index contributed by atoms with van der Waals surface area (Å²) >= 11 is 12.7. The molecule has 198 valence electrons. The fraction of sp³-hybridized carbons (Fsp3) is 0.267. The zero-order chi connectivity index (χ0) is 27.7. The molecule has 1 heterocycles. The summed E-state index contributed by atoms with van der Waals surface area (Å²) in [6, 6.07) is 15.5. The second-order valence-electron chi connectivity index (χ2n) is 9.20. The fourth-order valence-corrected chi connectivity index (χ4v) is 5.52. The highest BCUT2D eigenvalue weighted by molar-refractivity contribution is 6.52. The summed E-state index contributed by atoms with van der Waals surface area (Å²) in [4.78, 5) is 30.8. The van der Waals surface area contributed by atoms with E-state index in [1.165, 1.54) is 24.1 Å². The van der Waals surface area contributed by atoms with Gasteiger partial charge in [0.05, 0.1) is 28.8 Å². The maximum atomic E-state index is 13.6. The number of halogens is 2. The van der Waals surface area contributed by atoms with Crippen molar-refractivity contribution in [2.45, 2.75) is 33.7 Å². The van der Waals surface area contributed by atoms with Crippen LogP contribution in [0.3, 0.4) is 0 Å². The number of Topliss-reactive ketones (excluding diaryl/α,β-unsaturated/α-hetero) is 1. The van der Waals surface area contributed by atoms with Crippen molar-refractivity contribution in [1.29, 1.82) is 0 Å². The standard InChI is InChI=1S/C30H30Cl2N2O4/c1-6-33(7-2)21-12-10-19(11-13-21)26-25(27(35)20-15-22(31)29(38-5)23(32)16-20)28(36)30(37)34(26)24-14-17(3)8-9-18(24)4/h8-16,26,35H,6-7H2,1-5H3/b27-25+. The van der Waals surface area contributed by atoms with E-state index in [1.807, 2.05) is 56.3 Å². The van der Waals surface area contributed by atoms with E-state index in [-0.39, 0.29) is 32.7 Å². The van der Waals surface area contributed by atoms with Crippen LogP contribution in [-0.4, -0.2) is 37.0 Å². The number of aliphatic hydroxyl groups excluding tert-OH is 1. The van der Waals surface area contributed by atoms with Crippen molar-refractivity contribution in [3.63, 3.8) is 0 Å². The first kappa shape index (κ1) is 27.6. The third-order valence-electron chi connectivity index (χ3n) is 6.88. The van der Waals surface area contributed by atoms with Crippen molar-refractivity contribution in [2.24, 2.45) is 0 Å². The number of ether oxygens (including phenoxy) is 1. The van der Waals surface area contributed by atoms with Gasteiger partial charge in [0.1, 0.15) is 5.76 Å². The van der Waals surface area contributed by atoms with Gasteiger partial charge in [-0.2, -0.15) is 0 Å². The molecule has 1 aliphatic heterocycles. The normalized spacial score (nSPS) is 16.7. The summed E-state index contributed by atoms with van der Waals surface area (Å²) in [5.41, 5.74) is 4.27. The van der Waals surface area contributed by atoms with Gasteiger partial charge in [0.25, 0.3) is 11.7 Å². The Morgan fingerprint density at radius 3 is 2.13 bits per heavy atom. The number of ketones is 1. The Morgan fingerprint density at radius 2 is 1.58 bits per heavy atom. The van der Waals surface area contributed by atoms with Gasteiger partial charge in [-0.1, -0.05) is 47.5 Å². The van der Waals surface area contributed by atoms with Gasteiger partial charge in [-0.15, -0.1) is 0 Å². The number of methoxy groups -OCH3 is 1. The summed E-state index contributed by atoms with van der Waals surface area (Å²) in [5.74, 6) is -1.61. The molecule has 1 amide bonds. The van der Waals surface area contributed by atoms with Crippen molar-refractivity contribution in [3.8, 4) is 5.75 Å².